The lowest BCUT2D eigenvalue weighted by molar-refractivity contribution is 0.0947. The first-order valence-electron chi connectivity index (χ1n) is 6.63. The minimum atomic E-state index is -0.000431. The zero-order valence-electron chi connectivity index (χ0n) is 11.6. The largest absolute Gasteiger partial charge is 0.351 e. The number of carbonyl (C=O) groups is 1. The first kappa shape index (κ1) is 17.4. The summed E-state index contributed by atoms with van der Waals surface area (Å²) in [5.74, 6) is -0.000431. The number of rotatable bonds is 4. The van der Waals surface area contributed by atoms with Gasteiger partial charge >= 0.3 is 0 Å². The van der Waals surface area contributed by atoms with E-state index in [4.69, 9.17) is 0 Å². The molecule has 1 aromatic carbocycles. The van der Waals surface area contributed by atoms with Crippen LogP contribution in [-0.4, -0.2) is 50.1 Å². The number of nitrogens with zero attached hydrogens (tertiary/aromatic N) is 1. The topological polar surface area (TPSA) is 44.4 Å². The maximum Gasteiger partial charge on any atom is 0.251 e. The lowest BCUT2D eigenvalue weighted by atomic mass is 10.1. The van der Waals surface area contributed by atoms with Crippen molar-refractivity contribution < 1.29 is 4.79 Å². The first-order valence-corrected chi connectivity index (χ1v) is 7.43. The van der Waals surface area contributed by atoms with Crippen LogP contribution >= 0.6 is 28.3 Å². The average Bonchev–Trinajstić information content (AvgIpc) is 2.38. The van der Waals surface area contributed by atoms with Crippen molar-refractivity contribution in [2.45, 2.75) is 6.92 Å². The van der Waals surface area contributed by atoms with Crippen molar-refractivity contribution in [2.75, 3.05) is 39.3 Å². The maximum absolute atomic E-state index is 12.0. The molecule has 1 fully saturated rings. The van der Waals surface area contributed by atoms with Gasteiger partial charge in [-0.2, -0.15) is 0 Å². The molecule has 0 unspecified atom stereocenters. The highest BCUT2D eigenvalue weighted by Gasteiger charge is 2.10. The van der Waals surface area contributed by atoms with Crippen LogP contribution in [0.4, 0.5) is 0 Å². The molecule has 0 aliphatic carbocycles. The average molecular weight is 363 g/mol. The highest BCUT2D eigenvalue weighted by Crippen LogP contribution is 2.15. The zero-order valence-corrected chi connectivity index (χ0v) is 14.0. The van der Waals surface area contributed by atoms with Gasteiger partial charge in [0.25, 0.3) is 5.91 Å². The van der Waals surface area contributed by atoms with Gasteiger partial charge in [-0.3, -0.25) is 9.69 Å². The number of benzene rings is 1. The molecule has 1 aliphatic heterocycles. The number of piperazine rings is 1. The Balaban J connectivity index is 0.00000200. The normalized spacial score (nSPS) is 15.5. The molecular formula is C14H21BrClN3O. The van der Waals surface area contributed by atoms with E-state index in [0.717, 1.165) is 42.8 Å². The molecule has 6 heteroatoms. The summed E-state index contributed by atoms with van der Waals surface area (Å²) in [6.45, 7) is 7.81. The number of halogens is 2. The highest BCUT2D eigenvalue weighted by molar-refractivity contribution is 9.10. The Kier molecular flexibility index (Phi) is 7.51. The summed E-state index contributed by atoms with van der Waals surface area (Å²) < 4.78 is 0.944. The molecule has 0 radical (unpaired) electrons. The van der Waals surface area contributed by atoms with Crippen molar-refractivity contribution in [3.8, 4) is 0 Å². The van der Waals surface area contributed by atoms with E-state index in [0.29, 0.717) is 12.1 Å². The number of hydrogen-bond acceptors (Lipinski definition) is 3. The third-order valence-corrected chi connectivity index (χ3v) is 3.69. The predicted octanol–water partition coefficient (Wildman–Crippen LogP) is 1.81. The lowest BCUT2D eigenvalue weighted by Crippen LogP contribution is -2.46. The van der Waals surface area contributed by atoms with Gasteiger partial charge in [0.15, 0.2) is 0 Å². The van der Waals surface area contributed by atoms with Crippen molar-refractivity contribution in [2.24, 2.45) is 0 Å². The van der Waals surface area contributed by atoms with Crippen LogP contribution in [0, 0.1) is 6.92 Å². The van der Waals surface area contributed by atoms with Crippen molar-refractivity contribution in [1.82, 2.24) is 15.5 Å². The van der Waals surface area contributed by atoms with E-state index in [1.165, 1.54) is 0 Å². The van der Waals surface area contributed by atoms with Crippen LogP contribution in [0.15, 0.2) is 22.7 Å². The monoisotopic (exact) mass is 361 g/mol. The Morgan fingerprint density at radius 1 is 1.35 bits per heavy atom. The minimum Gasteiger partial charge on any atom is -0.351 e. The number of nitrogens with one attached hydrogen (secondary N) is 2. The molecule has 1 aliphatic rings. The van der Waals surface area contributed by atoms with E-state index in [1.807, 2.05) is 25.1 Å². The molecule has 0 saturated carbocycles. The molecule has 1 heterocycles. The van der Waals surface area contributed by atoms with Crippen molar-refractivity contribution in [1.29, 1.82) is 0 Å². The van der Waals surface area contributed by atoms with Gasteiger partial charge in [0.1, 0.15) is 0 Å². The van der Waals surface area contributed by atoms with Gasteiger partial charge in [-0.25, -0.2) is 0 Å². The smallest absolute Gasteiger partial charge is 0.251 e. The lowest BCUT2D eigenvalue weighted by Gasteiger charge is -2.27. The minimum absolute atomic E-state index is 0. The van der Waals surface area contributed by atoms with Gasteiger partial charge in [-0.05, 0) is 30.7 Å². The SMILES string of the molecule is Cc1cc(Br)cc(C(=O)NCCN2CCNCC2)c1.Cl. The summed E-state index contributed by atoms with van der Waals surface area (Å²) in [7, 11) is 0. The molecule has 1 aromatic rings. The molecule has 1 amide bonds. The van der Waals surface area contributed by atoms with Crippen LogP contribution in [0.2, 0.25) is 0 Å². The van der Waals surface area contributed by atoms with Crippen molar-refractivity contribution in [3.05, 3.63) is 33.8 Å². The van der Waals surface area contributed by atoms with E-state index in [9.17, 15) is 4.79 Å². The van der Waals surface area contributed by atoms with Gasteiger partial charge in [0.2, 0.25) is 0 Å². The van der Waals surface area contributed by atoms with Gasteiger partial charge < -0.3 is 10.6 Å². The van der Waals surface area contributed by atoms with Crippen molar-refractivity contribution in [3.63, 3.8) is 0 Å². The number of carbonyl (C=O) groups excluding carboxylic acids is 1. The first-order chi connectivity index (χ1) is 9.15. The molecule has 20 heavy (non-hydrogen) atoms. The van der Waals surface area contributed by atoms with Crippen LogP contribution in [0.3, 0.4) is 0 Å². The molecule has 0 aromatic heterocycles. The third-order valence-electron chi connectivity index (χ3n) is 3.23. The van der Waals surface area contributed by atoms with Crippen LogP contribution in [-0.2, 0) is 0 Å². The fourth-order valence-corrected chi connectivity index (χ4v) is 2.84. The molecule has 4 nitrogen and oxygen atoms in total. The second kappa shape index (κ2) is 8.62. The van der Waals surface area contributed by atoms with E-state index in [-0.39, 0.29) is 18.3 Å². The zero-order chi connectivity index (χ0) is 13.7. The maximum atomic E-state index is 12.0. The van der Waals surface area contributed by atoms with Crippen LogP contribution in [0.25, 0.3) is 0 Å². The van der Waals surface area contributed by atoms with E-state index in [1.54, 1.807) is 0 Å². The Hall–Kier alpha value is -0.620. The summed E-state index contributed by atoms with van der Waals surface area (Å²) in [5.41, 5.74) is 1.80. The summed E-state index contributed by atoms with van der Waals surface area (Å²) in [6, 6.07) is 5.76. The quantitative estimate of drug-likeness (QED) is 0.859. The Morgan fingerprint density at radius 3 is 2.70 bits per heavy atom. The second-order valence-electron chi connectivity index (χ2n) is 4.86. The molecule has 112 valence electrons. The second-order valence-corrected chi connectivity index (χ2v) is 5.78. The Morgan fingerprint density at radius 2 is 2.05 bits per heavy atom. The third kappa shape index (κ3) is 5.40. The summed E-state index contributed by atoms with van der Waals surface area (Å²) in [5, 5.41) is 6.30. The van der Waals surface area contributed by atoms with Gasteiger partial charge in [-0.15, -0.1) is 12.4 Å². The summed E-state index contributed by atoms with van der Waals surface area (Å²) in [6.07, 6.45) is 0. The van der Waals surface area contributed by atoms with E-state index < -0.39 is 0 Å². The van der Waals surface area contributed by atoms with E-state index >= 15 is 0 Å². The number of amides is 1. The van der Waals surface area contributed by atoms with Gasteiger partial charge in [0, 0.05) is 49.3 Å². The summed E-state index contributed by atoms with van der Waals surface area (Å²) in [4.78, 5) is 14.4. The Bertz CT molecular complexity index is 430. The molecule has 1 saturated heterocycles. The molecule has 0 atom stereocenters. The fourth-order valence-electron chi connectivity index (χ4n) is 2.23. The molecule has 0 spiro atoms. The van der Waals surface area contributed by atoms with Gasteiger partial charge in [-0.1, -0.05) is 15.9 Å². The van der Waals surface area contributed by atoms with Crippen LogP contribution in [0.5, 0.6) is 0 Å². The molecule has 2 N–H and O–H groups in total. The number of aryl methyl sites for hydroxylation is 1. The summed E-state index contributed by atoms with van der Waals surface area (Å²) >= 11 is 3.42. The van der Waals surface area contributed by atoms with Crippen molar-refractivity contribution >= 4 is 34.2 Å². The number of hydrogen-bond donors (Lipinski definition) is 2. The molecule has 0 bridgehead atoms. The molecule has 2 rings (SSSR count). The van der Waals surface area contributed by atoms with Crippen LogP contribution in [0.1, 0.15) is 15.9 Å². The van der Waals surface area contributed by atoms with E-state index in [2.05, 4.69) is 31.5 Å². The highest BCUT2D eigenvalue weighted by atomic mass is 79.9. The van der Waals surface area contributed by atoms with Gasteiger partial charge in [0.05, 0.1) is 0 Å². The standard InChI is InChI=1S/C14H20BrN3O.ClH/c1-11-8-12(10-13(15)9-11)14(19)17-4-7-18-5-2-16-3-6-18;/h8-10,16H,2-7H2,1H3,(H,17,19);1H. The van der Waals surface area contributed by atoms with Crippen LogP contribution < -0.4 is 10.6 Å². The predicted molar refractivity (Wildman–Crippen MR) is 87.8 cm³/mol. The Labute approximate surface area is 134 Å². The molecular weight excluding hydrogens is 342 g/mol. The fraction of sp³-hybridized carbons (Fsp3) is 0.500.